The number of aryl methyl sites for hydroxylation is 2. The summed E-state index contributed by atoms with van der Waals surface area (Å²) in [5.41, 5.74) is 2.95. The van der Waals surface area contributed by atoms with E-state index in [1.54, 1.807) is 4.90 Å². The zero-order valence-electron chi connectivity index (χ0n) is 14.6. The van der Waals surface area contributed by atoms with Gasteiger partial charge in [-0.3, -0.25) is 9.59 Å². The van der Waals surface area contributed by atoms with Crippen molar-refractivity contribution in [3.8, 4) is 0 Å². The van der Waals surface area contributed by atoms with Crippen LogP contribution in [0, 0.1) is 0 Å². The number of hydrogen-bond acceptors (Lipinski definition) is 3. The third-order valence-corrected chi connectivity index (χ3v) is 4.60. The van der Waals surface area contributed by atoms with Crippen LogP contribution in [0.25, 0.3) is 0 Å². The van der Waals surface area contributed by atoms with Gasteiger partial charge in [-0.25, -0.2) is 0 Å². The van der Waals surface area contributed by atoms with Crippen molar-refractivity contribution in [2.24, 2.45) is 0 Å². The lowest BCUT2D eigenvalue weighted by Gasteiger charge is -2.32. The Hall–Kier alpha value is -2.66. The zero-order chi connectivity index (χ0) is 18.4. The number of carbonyl (C=O) groups is 2. The van der Waals surface area contributed by atoms with Crippen molar-refractivity contribution < 1.29 is 19.4 Å². The molecule has 0 saturated carbocycles. The Balaban J connectivity index is 1.70. The number of ether oxygens (including phenoxy) is 1. The standard InChI is InChI=1S/C21H23NO4/c23-20(24)14-18-15-22(12-13-26-18)21(25)19-9-5-4-8-17(19)11-10-16-6-2-1-3-7-16/h1-9,18H,10-15H2,(H,23,24). The Kier molecular flexibility index (Phi) is 6.02. The maximum absolute atomic E-state index is 13.0. The molecule has 5 heteroatoms. The molecule has 136 valence electrons. The number of aliphatic carboxylic acids is 1. The van der Waals surface area contributed by atoms with E-state index in [0.29, 0.717) is 25.3 Å². The minimum atomic E-state index is -0.910. The van der Waals surface area contributed by atoms with E-state index < -0.39 is 12.1 Å². The molecule has 5 nitrogen and oxygen atoms in total. The quantitative estimate of drug-likeness (QED) is 0.867. The van der Waals surface area contributed by atoms with Crippen LogP contribution in [0.3, 0.4) is 0 Å². The topological polar surface area (TPSA) is 66.8 Å². The summed E-state index contributed by atoms with van der Waals surface area (Å²) in [6.07, 6.45) is 1.13. The van der Waals surface area contributed by atoms with Gasteiger partial charge >= 0.3 is 5.97 Å². The fourth-order valence-electron chi connectivity index (χ4n) is 3.26. The second-order valence-electron chi connectivity index (χ2n) is 6.48. The van der Waals surface area contributed by atoms with Crippen LogP contribution in [0.2, 0.25) is 0 Å². The molecule has 1 amide bonds. The predicted octanol–water partition coefficient (Wildman–Crippen LogP) is 2.79. The molecule has 3 rings (SSSR count). The van der Waals surface area contributed by atoms with E-state index in [4.69, 9.17) is 9.84 Å². The van der Waals surface area contributed by atoms with Gasteiger partial charge in [0, 0.05) is 18.7 Å². The molecule has 0 spiro atoms. The number of morpholine rings is 1. The first kappa shape index (κ1) is 18.1. The maximum atomic E-state index is 13.0. The van der Waals surface area contributed by atoms with Gasteiger partial charge in [0.1, 0.15) is 0 Å². The Morgan fingerprint density at radius 1 is 1.04 bits per heavy atom. The molecule has 2 aromatic carbocycles. The van der Waals surface area contributed by atoms with E-state index >= 15 is 0 Å². The SMILES string of the molecule is O=C(O)CC1CN(C(=O)c2ccccc2CCc2ccccc2)CCO1. The second kappa shape index (κ2) is 8.63. The summed E-state index contributed by atoms with van der Waals surface area (Å²) in [4.78, 5) is 25.6. The monoisotopic (exact) mass is 353 g/mol. The van der Waals surface area contributed by atoms with Crippen LogP contribution in [0.4, 0.5) is 0 Å². The summed E-state index contributed by atoms with van der Waals surface area (Å²) in [6, 6.07) is 17.9. The fourth-order valence-corrected chi connectivity index (χ4v) is 3.26. The fraction of sp³-hybridized carbons (Fsp3) is 0.333. The Bertz CT molecular complexity index is 760. The largest absolute Gasteiger partial charge is 0.481 e. The van der Waals surface area contributed by atoms with Crippen molar-refractivity contribution >= 4 is 11.9 Å². The summed E-state index contributed by atoms with van der Waals surface area (Å²) >= 11 is 0. The van der Waals surface area contributed by atoms with Crippen LogP contribution >= 0.6 is 0 Å². The van der Waals surface area contributed by atoms with Crippen molar-refractivity contribution in [1.29, 1.82) is 0 Å². The van der Waals surface area contributed by atoms with Gasteiger partial charge in [-0.2, -0.15) is 0 Å². The van der Waals surface area contributed by atoms with E-state index in [2.05, 4.69) is 12.1 Å². The molecular weight excluding hydrogens is 330 g/mol. The minimum Gasteiger partial charge on any atom is -0.481 e. The molecule has 0 bridgehead atoms. The molecule has 2 aromatic rings. The van der Waals surface area contributed by atoms with Crippen molar-refractivity contribution in [3.05, 3.63) is 71.3 Å². The van der Waals surface area contributed by atoms with Crippen molar-refractivity contribution in [2.45, 2.75) is 25.4 Å². The molecule has 1 atom stereocenters. The first-order chi connectivity index (χ1) is 12.6. The highest BCUT2D eigenvalue weighted by Gasteiger charge is 2.27. The highest BCUT2D eigenvalue weighted by Crippen LogP contribution is 2.18. The van der Waals surface area contributed by atoms with E-state index in [1.165, 1.54) is 5.56 Å². The number of carbonyl (C=O) groups excluding carboxylic acids is 1. The van der Waals surface area contributed by atoms with Gasteiger partial charge in [-0.05, 0) is 30.0 Å². The number of hydrogen-bond donors (Lipinski definition) is 1. The molecule has 26 heavy (non-hydrogen) atoms. The van der Waals surface area contributed by atoms with Crippen LogP contribution in [-0.4, -0.2) is 47.7 Å². The number of carboxylic acid groups (broad SMARTS) is 1. The summed E-state index contributed by atoms with van der Waals surface area (Å²) < 4.78 is 5.47. The van der Waals surface area contributed by atoms with Gasteiger partial charge < -0.3 is 14.7 Å². The van der Waals surface area contributed by atoms with Gasteiger partial charge in [-0.1, -0.05) is 48.5 Å². The smallest absolute Gasteiger partial charge is 0.306 e. The van der Waals surface area contributed by atoms with E-state index in [-0.39, 0.29) is 12.3 Å². The van der Waals surface area contributed by atoms with Crippen LogP contribution in [0.15, 0.2) is 54.6 Å². The van der Waals surface area contributed by atoms with Crippen LogP contribution in [0.1, 0.15) is 27.9 Å². The van der Waals surface area contributed by atoms with Gasteiger partial charge in [0.05, 0.1) is 19.1 Å². The predicted molar refractivity (Wildman–Crippen MR) is 98.2 cm³/mol. The summed E-state index contributed by atoms with van der Waals surface area (Å²) in [5, 5.41) is 8.95. The summed E-state index contributed by atoms with van der Waals surface area (Å²) in [7, 11) is 0. The Morgan fingerprint density at radius 2 is 1.77 bits per heavy atom. The van der Waals surface area contributed by atoms with Crippen LogP contribution < -0.4 is 0 Å². The minimum absolute atomic E-state index is 0.0487. The average molecular weight is 353 g/mol. The molecule has 1 heterocycles. The normalized spacial score (nSPS) is 17.1. The number of benzene rings is 2. The highest BCUT2D eigenvalue weighted by atomic mass is 16.5. The third-order valence-electron chi connectivity index (χ3n) is 4.60. The lowest BCUT2D eigenvalue weighted by Crippen LogP contribution is -2.46. The highest BCUT2D eigenvalue weighted by molar-refractivity contribution is 5.95. The molecule has 1 aliphatic rings. The Morgan fingerprint density at radius 3 is 2.54 bits per heavy atom. The first-order valence-corrected chi connectivity index (χ1v) is 8.88. The lowest BCUT2D eigenvalue weighted by molar-refractivity contribution is -0.141. The average Bonchev–Trinajstić information content (AvgIpc) is 2.66. The maximum Gasteiger partial charge on any atom is 0.306 e. The number of carboxylic acids is 1. The van der Waals surface area contributed by atoms with Crippen molar-refractivity contribution in [1.82, 2.24) is 4.90 Å². The van der Waals surface area contributed by atoms with Crippen LogP contribution in [-0.2, 0) is 22.4 Å². The van der Waals surface area contributed by atoms with Crippen molar-refractivity contribution in [2.75, 3.05) is 19.7 Å². The number of amides is 1. The summed E-state index contributed by atoms with van der Waals surface area (Å²) in [5.74, 6) is -0.958. The van der Waals surface area contributed by atoms with E-state index in [9.17, 15) is 9.59 Å². The number of rotatable bonds is 6. The van der Waals surface area contributed by atoms with Crippen LogP contribution in [0.5, 0.6) is 0 Å². The third kappa shape index (κ3) is 4.70. The van der Waals surface area contributed by atoms with Gasteiger partial charge in [0.25, 0.3) is 5.91 Å². The zero-order valence-corrected chi connectivity index (χ0v) is 14.6. The van der Waals surface area contributed by atoms with Gasteiger partial charge in [0.2, 0.25) is 0 Å². The molecule has 0 aromatic heterocycles. The molecular formula is C21H23NO4. The van der Waals surface area contributed by atoms with Crippen molar-refractivity contribution in [3.63, 3.8) is 0 Å². The van der Waals surface area contributed by atoms with E-state index in [0.717, 1.165) is 18.4 Å². The molecule has 1 fully saturated rings. The van der Waals surface area contributed by atoms with Gasteiger partial charge in [0.15, 0.2) is 0 Å². The molecule has 0 radical (unpaired) electrons. The first-order valence-electron chi connectivity index (χ1n) is 8.88. The van der Waals surface area contributed by atoms with E-state index in [1.807, 2.05) is 42.5 Å². The molecule has 1 N–H and O–H groups in total. The molecule has 1 aliphatic heterocycles. The second-order valence-corrected chi connectivity index (χ2v) is 6.48. The van der Waals surface area contributed by atoms with Gasteiger partial charge in [-0.15, -0.1) is 0 Å². The molecule has 1 unspecified atom stereocenters. The molecule has 1 saturated heterocycles. The summed E-state index contributed by atoms with van der Waals surface area (Å²) in [6.45, 7) is 1.18. The number of nitrogens with zero attached hydrogens (tertiary/aromatic N) is 1. The molecule has 0 aliphatic carbocycles. The Labute approximate surface area is 153 Å². The lowest BCUT2D eigenvalue weighted by atomic mass is 9.98.